The topological polar surface area (TPSA) is 75.2 Å². The molecule has 0 amide bonds. The first-order valence-electron chi connectivity index (χ1n) is 9.22. The van der Waals surface area contributed by atoms with Crippen molar-refractivity contribution in [2.24, 2.45) is 5.92 Å². The van der Waals surface area contributed by atoms with E-state index in [-0.39, 0.29) is 10.7 Å². The average Bonchev–Trinajstić information content (AvgIpc) is 2.67. The highest BCUT2D eigenvalue weighted by Crippen LogP contribution is 2.30. The minimum Gasteiger partial charge on any atom is -0.353 e. The summed E-state index contributed by atoms with van der Waals surface area (Å²) in [7, 11) is -3.81. The van der Waals surface area contributed by atoms with Crippen molar-refractivity contribution in [2.75, 3.05) is 22.7 Å². The molecule has 6 nitrogen and oxygen atoms in total. The maximum atomic E-state index is 12.9. The van der Waals surface area contributed by atoms with Gasteiger partial charge in [-0.25, -0.2) is 18.4 Å². The van der Waals surface area contributed by atoms with E-state index in [0.29, 0.717) is 22.3 Å². The predicted molar refractivity (Wildman–Crippen MR) is 112 cm³/mol. The molecule has 0 bridgehead atoms. The number of anilines is 2. The minimum absolute atomic E-state index is 0.129. The number of nitrogens with zero attached hydrogens (tertiary/aromatic N) is 3. The number of halogens is 1. The van der Waals surface area contributed by atoms with Gasteiger partial charge in [0.15, 0.2) is 11.6 Å². The molecule has 2 aromatic carbocycles. The van der Waals surface area contributed by atoms with Gasteiger partial charge in [-0.2, -0.15) is 0 Å². The monoisotopic (exact) mass is 416 g/mol. The maximum absolute atomic E-state index is 12.9. The zero-order chi connectivity index (χ0) is 19.7. The molecule has 0 aliphatic carbocycles. The zero-order valence-corrected chi connectivity index (χ0v) is 17.0. The molecule has 0 radical (unpaired) electrons. The molecule has 1 aromatic heterocycles. The van der Waals surface area contributed by atoms with Gasteiger partial charge in [0.2, 0.25) is 0 Å². The highest BCUT2D eigenvalue weighted by molar-refractivity contribution is 7.92. The van der Waals surface area contributed by atoms with Gasteiger partial charge in [0.25, 0.3) is 10.0 Å². The van der Waals surface area contributed by atoms with Crippen LogP contribution in [0, 0.1) is 5.92 Å². The van der Waals surface area contributed by atoms with Crippen molar-refractivity contribution in [3.63, 3.8) is 0 Å². The molecule has 1 aliphatic heterocycles. The molecule has 1 aliphatic rings. The minimum atomic E-state index is -3.81. The van der Waals surface area contributed by atoms with Crippen LogP contribution >= 0.6 is 11.6 Å². The third-order valence-electron chi connectivity index (χ3n) is 4.86. The number of para-hydroxylation sites is 2. The summed E-state index contributed by atoms with van der Waals surface area (Å²) in [4.78, 5) is 11.6. The Morgan fingerprint density at radius 3 is 2.43 bits per heavy atom. The number of fused-ring (bicyclic) bond motifs is 1. The van der Waals surface area contributed by atoms with Gasteiger partial charge >= 0.3 is 0 Å². The van der Waals surface area contributed by atoms with Gasteiger partial charge in [-0.15, -0.1) is 0 Å². The van der Waals surface area contributed by atoms with Crippen molar-refractivity contribution < 1.29 is 8.42 Å². The molecule has 1 unspecified atom stereocenters. The highest BCUT2D eigenvalue weighted by Gasteiger charge is 2.25. The zero-order valence-electron chi connectivity index (χ0n) is 15.5. The van der Waals surface area contributed by atoms with Crippen molar-refractivity contribution in [3.05, 3.63) is 53.6 Å². The standard InChI is InChI=1S/C20H21ClN4O2S/c1-14-5-4-12-25(13-14)20-19(22-17-6-2-3-7-18(17)23-20)24-28(26,27)16-10-8-15(21)9-11-16/h2-3,6-11,14H,4-5,12-13H2,1H3,(H,22,24). The first kappa shape index (κ1) is 19.0. The largest absolute Gasteiger partial charge is 0.353 e. The molecule has 1 fully saturated rings. The Hall–Kier alpha value is -2.38. The van der Waals surface area contributed by atoms with Gasteiger partial charge in [-0.1, -0.05) is 30.7 Å². The molecule has 0 spiro atoms. The second-order valence-electron chi connectivity index (χ2n) is 7.14. The number of piperidine rings is 1. The summed E-state index contributed by atoms with van der Waals surface area (Å²) < 4.78 is 28.5. The van der Waals surface area contributed by atoms with E-state index >= 15 is 0 Å². The van der Waals surface area contributed by atoms with E-state index in [0.717, 1.165) is 31.4 Å². The fourth-order valence-electron chi connectivity index (χ4n) is 3.46. The number of hydrogen-bond acceptors (Lipinski definition) is 5. The summed E-state index contributed by atoms with van der Waals surface area (Å²) >= 11 is 5.88. The summed E-state index contributed by atoms with van der Waals surface area (Å²) in [6, 6.07) is 13.5. The Labute approximate surface area is 169 Å². The van der Waals surface area contributed by atoms with E-state index in [1.165, 1.54) is 12.1 Å². The number of benzene rings is 2. The van der Waals surface area contributed by atoms with Crippen molar-refractivity contribution in [1.29, 1.82) is 0 Å². The van der Waals surface area contributed by atoms with Crippen molar-refractivity contribution >= 4 is 44.3 Å². The lowest BCUT2D eigenvalue weighted by molar-refractivity contribution is 0.445. The molecule has 1 saturated heterocycles. The van der Waals surface area contributed by atoms with Crippen LogP contribution in [0.1, 0.15) is 19.8 Å². The molecule has 8 heteroatoms. The highest BCUT2D eigenvalue weighted by atomic mass is 35.5. The van der Waals surface area contributed by atoms with Gasteiger partial charge in [0, 0.05) is 18.1 Å². The first-order valence-corrected chi connectivity index (χ1v) is 11.1. The van der Waals surface area contributed by atoms with Crippen LogP contribution in [0.4, 0.5) is 11.6 Å². The molecular weight excluding hydrogens is 396 g/mol. The van der Waals surface area contributed by atoms with Crippen LogP contribution in [0.5, 0.6) is 0 Å². The SMILES string of the molecule is CC1CCCN(c2nc3ccccc3nc2NS(=O)(=O)c2ccc(Cl)cc2)C1. The lowest BCUT2D eigenvalue weighted by Gasteiger charge is -2.32. The van der Waals surface area contributed by atoms with Gasteiger partial charge in [0.05, 0.1) is 15.9 Å². The van der Waals surface area contributed by atoms with E-state index in [1.807, 2.05) is 24.3 Å². The smallest absolute Gasteiger partial charge is 0.263 e. The van der Waals surface area contributed by atoms with Crippen LogP contribution in [0.2, 0.25) is 5.02 Å². The van der Waals surface area contributed by atoms with E-state index in [9.17, 15) is 8.42 Å². The molecule has 0 saturated carbocycles. The molecule has 3 aromatic rings. The quantitative estimate of drug-likeness (QED) is 0.685. The van der Waals surface area contributed by atoms with Gasteiger partial charge in [-0.05, 0) is 55.2 Å². The summed E-state index contributed by atoms with van der Waals surface area (Å²) in [5.74, 6) is 1.34. The Kier molecular flexibility index (Phi) is 5.12. The Morgan fingerprint density at radius 2 is 1.75 bits per heavy atom. The average molecular weight is 417 g/mol. The molecule has 1 atom stereocenters. The van der Waals surface area contributed by atoms with Gasteiger partial charge in [-0.3, -0.25) is 4.72 Å². The van der Waals surface area contributed by atoms with E-state index < -0.39 is 10.0 Å². The molecule has 1 N–H and O–H groups in total. The first-order chi connectivity index (χ1) is 13.4. The second-order valence-corrected chi connectivity index (χ2v) is 9.26. The van der Waals surface area contributed by atoms with E-state index in [2.05, 4.69) is 21.5 Å². The van der Waals surface area contributed by atoms with Crippen molar-refractivity contribution in [1.82, 2.24) is 9.97 Å². The molecular formula is C20H21ClN4O2S. The maximum Gasteiger partial charge on any atom is 0.263 e. The van der Waals surface area contributed by atoms with Crippen LogP contribution in [0.15, 0.2) is 53.4 Å². The van der Waals surface area contributed by atoms with Crippen molar-refractivity contribution in [3.8, 4) is 0 Å². The summed E-state index contributed by atoms with van der Waals surface area (Å²) in [6.45, 7) is 3.84. The van der Waals surface area contributed by atoms with Gasteiger partial charge in [0.1, 0.15) is 0 Å². The van der Waals surface area contributed by atoms with Crippen LogP contribution in [-0.4, -0.2) is 31.5 Å². The lowest BCUT2D eigenvalue weighted by Crippen LogP contribution is -2.35. The number of rotatable bonds is 4. The molecule has 4 rings (SSSR count). The number of hydrogen-bond donors (Lipinski definition) is 1. The predicted octanol–water partition coefficient (Wildman–Crippen LogP) is 4.32. The number of aromatic nitrogens is 2. The van der Waals surface area contributed by atoms with Crippen molar-refractivity contribution in [2.45, 2.75) is 24.7 Å². The molecule has 146 valence electrons. The third kappa shape index (κ3) is 3.91. The number of sulfonamides is 1. The van der Waals surface area contributed by atoms with Crippen LogP contribution in [0.3, 0.4) is 0 Å². The van der Waals surface area contributed by atoms with E-state index in [4.69, 9.17) is 16.6 Å². The van der Waals surface area contributed by atoms with Gasteiger partial charge < -0.3 is 4.90 Å². The summed E-state index contributed by atoms with van der Waals surface area (Å²) in [5.41, 5.74) is 1.38. The summed E-state index contributed by atoms with van der Waals surface area (Å²) in [5, 5.41) is 0.479. The number of nitrogens with one attached hydrogen (secondary N) is 1. The molecule has 2 heterocycles. The third-order valence-corrected chi connectivity index (χ3v) is 6.47. The summed E-state index contributed by atoms with van der Waals surface area (Å²) in [6.07, 6.45) is 2.20. The van der Waals surface area contributed by atoms with E-state index in [1.54, 1.807) is 12.1 Å². The van der Waals surface area contributed by atoms with Crippen LogP contribution in [-0.2, 0) is 10.0 Å². The van der Waals surface area contributed by atoms with Crippen LogP contribution in [0.25, 0.3) is 11.0 Å². The fourth-order valence-corrected chi connectivity index (χ4v) is 4.59. The molecule has 28 heavy (non-hydrogen) atoms. The second kappa shape index (κ2) is 7.56. The lowest BCUT2D eigenvalue weighted by atomic mass is 10.0. The Bertz CT molecular complexity index is 1100. The fraction of sp³-hybridized carbons (Fsp3) is 0.300. The normalized spacial score (nSPS) is 17.6. The van der Waals surface area contributed by atoms with Crippen LogP contribution < -0.4 is 9.62 Å². The Morgan fingerprint density at radius 1 is 1.07 bits per heavy atom. The Balaban J connectivity index is 1.78.